The number of pyridine rings is 1. The first-order valence-electron chi connectivity index (χ1n) is 11.1. The Labute approximate surface area is 195 Å². The molecule has 1 aliphatic heterocycles. The van der Waals surface area contributed by atoms with Crippen LogP contribution in [0.2, 0.25) is 0 Å². The van der Waals surface area contributed by atoms with Gasteiger partial charge < -0.3 is 21.3 Å². The number of benzene rings is 1. The van der Waals surface area contributed by atoms with Crippen LogP contribution in [-0.2, 0) is 12.8 Å². The molecular formula is C24H25FN6OS. The number of carbonyl (C=O) groups is 1. The highest BCUT2D eigenvalue weighted by Gasteiger charge is 2.29. The van der Waals surface area contributed by atoms with Gasteiger partial charge >= 0.3 is 0 Å². The number of thiophene rings is 1. The molecule has 1 amide bonds. The van der Waals surface area contributed by atoms with Crippen molar-refractivity contribution < 1.29 is 9.18 Å². The summed E-state index contributed by atoms with van der Waals surface area (Å²) in [4.78, 5) is 20.7. The van der Waals surface area contributed by atoms with Crippen molar-refractivity contribution in [3.05, 3.63) is 51.3 Å². The minimum atomic E-state index is -0.308. The summed E-state index contributed by atoms with van der Waals surface area (Å²) >= 11 is 1.27. The van der Waals surface area contributed by atoms with Gasteiger partial charge in [0.15, 0.2) is 0 Å². The van der Waals surface area contributed by atoms with E-state index in [2.05, 4.69) is 26.6 Å². The molecule has 3 aromatic rings. The van der Waals surface area contributed by atoms with Crippen LogP contribution in [0, 0.1) is 24.1 Å². The number of aryl methyl sites for hydroxylation is 1. The molecule has 1 aromatic carbocycles. The highest BCUT2D eigenvalue weighted by Crippen LogP contribution is 2.35. The Hall–Kier alpha value is -3.22. The number of nitrogens with zero attached hydrogens (tertiary/aromatic N) is 3. The molecule has 4 N–H and O–H groups in total. The molecule has 1 atom stereocenters. The molecule has 33 heavy (non-hydrogen) atoms. The highest BCUT2D eigenvalue weighted by molar-refractivity contribution is 7.21. The normalized spacial score (nSPS) is 18.1. The van der Waals surface area contributed by atoms with Gasteiger partial charge in [-0.05, 0) is 55.5 Å². The zero-order valence-corrected chi connectivity index (χ0v) is 19.2. The standard InChI is InChI=1S/C24H25FN6OS/c1-13-2-4-16-21(27)22(33-24(16)29-13)23(32)30-14-3-5-15-17(10-14)19(25)11-20(18(15)12-26)31-8-6-28-7-9-31/h2,4,11,14,28H,3,5-10,27H2,1H3,(H,30,32)/t14-/m1/s1. The molecule has 170 valence electrons. The van der Waals surface area contributed by atoms with E-state index in [1.54, 1.807) is 0 Å². The third-order valence-electron chi connectivity index (χ3n) is 6.51. The van der Waals surface area contributed by atoms with E-state index >= 15 is 4.39 Å². The van der Waals surface area contributed by atoms with E-state index in [1.807, 2.05) is 19.1 Å². The van der Waals surface area contributed by atoms with Crippen LogP contribution in [0.1, 0.15) is 38.5 Å². The van der Waals surface area contributed by atoms with Crippen molar-refractivity contribution in [1.82, 2.24) is 15.6 Å². The van der Waals surface area contributed by atoms with Crippen molar-refractivity contribution in [2.75, 3.05) is 36.8 Å². The van der Waals surface area contributed by atoms with E-state index in [1.165, 1.54) is 17.4 Å². The average Bonchev–Trinajstić information content (AvgIpc) is 3.15. The van der Waals surface area contributed by atoms with Crippen LogP contribution in [0.15, 0.2) is 18.2 Å². The van der Waals surface area contributed by atoms with Gasteiger partial charge in [0, 0.05) is 43.3 Å². The Morgan fingerprint density at radius 2 is 2.15 bits per heavy atom. The van der Waals surface area contributed by atoms with Crippen LogP contribution in [0.25, 0.3) is 10.2 Å². The van der Waals surface area contributed by atoms with Crippen LogP contribution in [0.5, 0.6) is 0 Å². The Kier molecular flexibility index (Phi) is 5.64. The largest absolute Gasteiger partial charge is 0.397 e. The summed E-state index contributed by atoms with van der Waals surface area (Å²) in [5, 5.41) is 17.0. The molecule has 7 nitrogen and oxygen atoms in total. The second kappa shape index (κ2) is 8.61. The third-order valence-corrected chi connectivity index (χ3v) is 7.63. The molecule has 0 spiro atoms. The molecule has 0 radical (unpaired) electrons. The van der Waals surface area contributed by atoms with Gasteiger partial charge in [-0.15, -0.1) is 11.3 Å². The van der Waals surface area contributed by atoms with Gasteiger partial charge in [0.25, 0.3) is 5.91 Å². The number of fused-ring (bicyclic) bond motifs is 2. The first kappa shape index (κ1) is 21.6. The molecule has 0 bridgehead atoms. The predicted molar refractivity (Wildman–Crippen MR) is 128 cm³/mol. The quantitative estimate of drug-likeness (QED) is 0.550. The number of anilines is 2. The number of piperazine rings is 1. The molecule has 1 saturated heterocycles. The fraction of sp³-hybridized carbons (Fsp3) is 0.375. The summed E-state index contributed by atoms with van der Waals surface area (Å²) in [7, 11) is 0. The summed E-state index contributed by atoms with van der Waals surface area (Å²) in [6.45, 7) is 5.01. The number of nitrogens with two attached hydrogens (primary N) is 1. The minimum absolute atomic E-state index is 0.226. The lowest BCUT2D eigenvalue weighted by Gasteiger charge is -2.33. The lowest BCUT2D eigenvalue weighted by atomic mass is 9.84. The van der Waals surface area contributed by atoms with Gasteiger partial charge in [0.2, 0.25) is 0 Å². The number of nitriles is 1. The topological polar surface area (TPSA) is 107 Å². The van der Waals surface area contributed by atoms with Crippen LogP contribution >= 0.6 is 11.3 Å². The molecular weight excluding hydrogens is 439 g/mol. The van der Waals surface area contributed by atoms with Gasteiger partial charge in [0.1, 0.15) is 21.6 Å². The predicted octanol–water partition coefficient (Wildman–Crippen LogP) is 2.89. The Bertz CT molecular complexity index is 1290. The minimum Gasteiger partial charge on any atom is -0.397 e. The number of nitrogens with one attached hydrogen (secondary N) is 2. The average molecular weight is 465 g/mol. The van der Waals surface area contributed by atoms with E-state index < -0.39 is 0 Å². The van der Waals surface area contributed by atoms with E-state index in [9.17, 15) is 10.1 Å². The molecule has 0 unspecified atom stereocenters. The van der Waals surface area contributed by atoms with Gasteiger partial charge in [-0.2, -0.15) is 5.26 Å². The number of hydrogen-bond donors (Lipinski definition) is 3. The number of amides is 1. The number of carbonyl (C=O) groups excluding carboxylic acids is 1. The maximum Gasteiger partial charge on any atom is 0.263 e. The lowest BCUT2D eigenvalue weighted by Crippen LogP contribution is -2.44. The van der Waals surface area contributed by atoms with Crippen LogP contribution in [0.4, 0.5) is 15.8 Å². The third kappa shape index (κ3) is 3.90. The molecule has 0 saturated carbocycles. The lowest BCUT2D eigenvalue weighted by molar-refractivity contribution is 0.0938. The molecule has 5 rings (SSSR count). The van der Waals surface area contributed by atoms with Crippen molar-refractivity contribution in [2.45, 2.75) is 32.2 Å². The van der Waals surface area contributed by atoms with Gasteiger partial charge in [-0.1, -0.05) is 0 Å². The summed E-state index contributed by atoms with van der Waals surface area (Å²) in [6.07, 6.45) is 1.54. The van der Waals surface area contributed by atoms with Crippen molar-refractivity contribution in [2.24, 2.45) is 0 Å². The second-order valence-corrected chi connectivity index (χ2v) is 9.62. The molecule has 1 fully saturated rings. The number of nitrogen functional groups attached to an aromatic ring is 1. The Balaban J connectivity index is 1.39. The Morgan fingerprint density at radius 3 is 2.91 bits per heavy atom. The van der Waals surface area contributed by atoms with Gasteiger partial charge in [0.05, 0.1) is 16.9 Å². The number of aromatic nitrogens is 1. The smallest absolute Gasteiger partial charge is 0.263 e. The summed E-state index contributed by atoms with van der Waals surface area (Å²) in [5.41, 5.74) is 10.1. The summed E-state index contributed by atoms with van der Waals surface area (Å²) in [5.74, 6) is -0.572. The van der Waals surface area contributed by atoms with Gasteiger partial charge in [-0.25, -0.2) is 9.37 Å². The first-order chi connectivity index (χ1) is 16.0. The van der Waals surface area contributed by atoms with Crippen molar-refractivity contribution >= 4 is 38.8 Å². The molecule has 3 heterocycles. The second-order valence-electron chi connectivity index (χ2n) is 8.62. The molecule has 9 heteroatoms. The number of halogens is 1. The van der Waals surface area contributed by atoms with Crippen molar-refractivity contribution in [1.29, 1.82) is 5.26 Å². The van der Waals surface area contributed by atoms with Crippen LogP contribution in [0.3, 0.4) is 0 Å². The van der Waals surface area contributed by atoms with Gasteiger partial charge in [-0.3, -0.25) is 4.79 Å². The van der Waals surface area contributed by atoms with E-state index in [4.69, 9.17) is 5.73 Å². The van der Waals surface area contributed by atoms with Crippen LogP contribution < -0.4 is 21.3 Å². The van der Waals surface area contributed by atoms with E-state index in [0.717, 1.165) is 47.7 Å². The van der Waals surface area contributed by atoms with Crippen molar-refractivity contribution in [3.8, 4) is 6.07 Å². The fourth-order valence-corrected chi connectivity index (χ4v) is 5.85. The summed E-state index contributed by atoms with van der Waals surface area (Å²) < 4.78 is 15.2. The first-order valence-corrected chi connectivity index (χ1v) is 11.9. The van der Waals surface area contributed by atoms with E-state index in [-0.39, 0.29) is 17.8 Å². The summed E-state index contributed by atoms with van der Waals surface area (Å²) in [6, 6.07) is 7.33. The molecule has 2 aromatic heterocycles. The zero-order chi connectivity index (χ0) is 23.1. The number of rotatable bonds is 3. The maximum absolute atomic E-state index is 15.2. The maximum atomic E-state index is 15.2. The molecule has 2 aliphatic rings. The fourth-order valence-electron chi connectivity index (χ4n) is 4.80. The zero-order valence-electron chi connectivity index (χ0n) is 18.4. The van der Waals surface area contributed by atoms with Crippen molar-refractivity contribution in [3.63, 3.8) is 0 Å². The SMILES string of the molecule is Cc1ccc2c(N)c(C(=O)N[C@@H]3CCc4c(C#N)c(N5CCNCC5)cc(F)c4C3)sc2n1. The molecule has 1 aliphatic carbocycles. The monoisotopic (exact) mass is 464 g/mol. The van der Waals surface area contributed by atoms with Crippen LogP contribution in [-0.4, -0.2) is 43.1 Å². The Morgan fingerprint density at radius 1 is 1.36 bits per heavy atom. The van der Waals surface area contributed by atoms with E-state index in [0.29, 0.717) is 46.6 Å². The number of hydrogen-bond acceptors (Lipinski definition) is 7. The highest BCUT2D eigenvalue weighted by atomic mass is 32.1.